The van der Waals surface area contributed by atoms with Gasteiger partial charge in [0, 0.05) is 50.0 Å². The molecular formula is C18H24N4O2. The van der Waals surface area contributed by atoms with E-state index in [9.17, 15) is 9.59 Å². The van der Waals surface area contributed by atoms with Gasteiger partial charge in [-0.1, -0.05) is 0 Å². The summed E-state index contributed by atoms with van der Waals surface area (Å²) in [6.07, 6.45) is 9.05. The number of carbonyl (C=O) groups is 2. The van der Waals surface area contributed by atoms with Gasteiger partial charge in [0.1, 0.15) is 0 Å². The number of rotatable bonds is 3. The maximum absolute atomic E-state index is 12.4. The SMILES string of the molecule is O=C(NC1CC1)N1CCC2(CCC(=O)N2Cc2ccncc2)CC1. The Balaban J connectivity index is 1.42. The van der Waals surface area contributed by atoms with Gasteiger partial charge in [-0.15, -0.1) is 0 Å². The molecule has 3 amide bonds. The van der Waals surface area contributed by atoms with E-state index in [0.717, 1.165) is 50.8 Å². The molecule has 4 rings (SSSR count). The first-order valence-electron chi connectivity index (χ1n) is 8.91. The van der Waals surface area contributed by atoms with Crippen molar-refractivity contribution in [1.82, 2.24) is 20.1 Å². The number of hydrogen-bond acceptors (Lipinski definition) is 3. The van der Waals surface area contributed by atoms with Crippen LogP contribution in [0.2, 0.25) is 0 Å². The lowest BCUT2D eigenvalue weighted by atomic mass is 9.85. The maximum atomic E-state index is 12.4. The van der Waals surface area contributed by atoms with Crippen LogP contribution in [0.25, 0.3) is 0 Å². The lowest BCUT2D eigenvalue weighted by Gasteiger charge is -2.45. The van der Waals surface area contributed by atoms with Crippen LogP contribution in [0.1, 0.15) is 44.1 Å². The molecule has 2 saturated heterocycles. The highest BCUT2D eigenvalue weighted by molar-refractivity contribution is 5.80. The molecule has 3 fully saturated rings. The third kappa shape index (κ3) is 2.97. The molecule has 128 valence electrons. The Morgan fingerprint density at radius 3 is 2.58 bits per heavy atom. The lowest BCUT2D eigenvalue weighted by Crippen LogP contribution is -2.55. The van der Waals surface area contributed by atoms with Crippen LogP contribution in [-0.4, -0.2) is 51.4 Å². The molecule has 6 heteroatoms. The average Bonchev–Trinajstić information content (AvgIpc) is 3.38. The molecule has 1 saturated carbocycles. The van der Waals surface area contributed by atoms with Crippen LogP contribution in [0.4, 0.5) is 4.79 Å². The van der Waals surface area contributed by atoms with Gasteiger partial charge in [-0.05, 0) is 49.8 Å². The third-order valence-corrected chi connectivity index (χ3v) is 5.65. The molecule has 2 aliphatic heterocycles. The van der Waals surface area contributed by atoms with Gasteiger partial charge in [-0.3, -0.25) is 9.78 Å². The van der Waals surface area contributed by atoms with Gasteiger partial charge in [-0.2, -0.15) is 0 Å². The summed E-state index contributed by atoms with van der Waals surface area (Å²) in [7, 11) is 0. The molecule has 0 bridgehead atoms. The van der Waals surface area contributed by atoms with E-state index in [1.165, 1.54) is 0 Å². The quantitative estimate of drug-likeness (QED) is 0.922. The van der Waals surface area contributed by atoms with Crippen molar-refractivity contribution in [3.8, 4) is 0 Å². The molecule has 3 heterocycles. The average molecular weight is 328 g/mol. The molecule has 1 aromatic rings. The largest absolute Gasteiger partial charge is 0.335 e. The van der Waals surface area contributed by atoms with E-state index in [0.29, 0.717) is 19.0 Å². The van der Waals surface area contributed by atoms with Gasteiger partial charge in [0.05, 0.1) is 0 Å². The normalized spacial score (nSPS) is 22.9. The Labute approximate surface area is 142 Å². The van der Waals surface area contributed by atoms with Crippen LogP contribution in [0.15, 0.2) is 24.5 Å². The van der Waals surface area contributed by atoms with Crippen molar-refractivity contribution < 1.29 is 9.59 Å². The maximum Gasteiger partial charge on any atom is 0.317 e. The van der Waals surface area contributed by atoms with E-state index in [-0.39, 0.29) is 17.5 Å². The minimum Gasteiger partial charge on any atom is -0.335 e. The number of nitrogens with zero attached hydrogens (tertiary/aromatic N) is 3. The molecule has 1 spiro atoms. The van der Waals surface area contributed by atoms with E-state index >= 15 is 0 Å². The summed E-state index contributed by atoms with van der Waals surface area (Å²) in [5.41, 5.74) is 1.05. The Kier molecular flexibility index (Phi) is 3.90. The zero-order chi connectivity index (χ0) is 16.6. The monoisotopic (exact) mass is 328 g/mol. The van der Waals surface area contributed by atoms with Gasteiger partial charge >= 0.3 is 6.03 Å². The van der Waals surface area contributed by atoms with Crippen LogP contribution in [0, 0.1) is 0 Å². The van der Waals surface area contributed by atoms with Gasteiger partial charge in [0.25, 0.3) is 0 Å². The molecule has 6 nitrogen and oxygen atoms in total. The van der Waals surface area contributed by atoms with Crippen molar-refractivity contribution in [1.29, 1.82) is 0 Å². The third-order valence-electron chi connectivity index (χ3n) is 5.65. The van der Waals surface area contributed by atoms with Crippen LogP contribution in [0.5, 0.6) is 0 Å². The highest BCUT2D eigenvalue weighted by Crippen LogP contribution is 2.40. The van der Waals surface area contributed by atoms with Crippen LogP contribution >= 0.6 is 0 Å². The first-order chi connectivity index (χ1) is 11.7. The summed E-state index contributed by atoms with van der Waals surface area (Å²) in [5, 5.41) is 3.06. The first-order valence-corrected chi connectivity index (χ1v) is 8.91. The number of carbonyl (C=O) groups excluding carboxylic acids is 2. The zero-order valence-electron chi connectivity index (χ0n) is 13.9. The van der Waals surface area contributed by atoms with Crippen molar-refractivity contribution in [2.75, 3.05) is 13.1 Å². The number of pyridine rings is 1. The molecule has 1 N–H and O–H groups in total. The van der Waals surface area contributed by atoms with E-state index in [4.69, 9.17) is 0 Å². The van der Waals surface area contributed by atoms with Crippen molar-refractivity contribution in [3.05, 3.63) is 30.1 Å². The van der Waals surface area contributed by atoms with E-state index in [1.54, 1.807) is 12.4 Å². The fourth-order valence-corrected chi connectivity index (χ4v) is 3.94. The smallest absolute Gasteiger partial charge is 0.317 e. The summed E-state index contributed by atoms with van der Waals surface area (Å²) in [4.78, 5) is 32.7. The predicted molar refractivity (Wildman–Crippen MR) is 89.1 cm³/mol. The molecule has 24 heavy (non-hydrogen) atoms. The molecule has 0 radical (unpaired) electrons. The molecule has 1 aliphatic carbocycles. The van der Waals surface area contributed by atoms with E-state index in [2.05, 4.69) is 15.2 Å². The first kappa shape index (κ1) is 15.4. The molecule has 3 aliphatic rings. The number of aromatic nitrogens is 1. The van der Waals surface area contributed by atoms with Crippen molar-refractivity contribution >= 4 is 11.9 Å². The number of nitrogens with one attached hydrogen (secondary N) is 1. The number of likely N-dealkylation sites (tertiary alicyclic amines) is 2. The Morgan fingerprint density at radius 1 is 1.21 bits per heavy atom. The summed E-state index contributed by atoms with van der Waals surface area (Å²) >= 11 is 0. The van der Waals surface area contributed by atoms with Crippen LogP contribution in [0.3, 0.4) is 0 Å². The van der Waals surface area contributed by atoms with Crippen LogP contribution < -0.4 is 5.32 Å². The molecule has 0 atom stereocenters. The minimum absolute atomic E-state index is 0.0670. The second-order valence-corrected chi connectivity index (χ2v) is 7.27. The number of hydrogen-bond donors (Lipinski definition) is 1. The van der Waals surface area contributed by atoms with Crippen molar-refractivity contribution in [2.45, 2.75) is 56.7 Å². The Bertz CT molecular complexity index is 621. The predicted octanol–water partition coefficient (Wildman–Crippen LogP) is 1.91. The Morgan fingerprint density at radius 2 is 1.92 bits per heavy atom. The summed E-state index contributed by atoms with van der Waals surface area (Å²) in [6, 6.07) is 4.40. The highest BCUT2D eigenvalue weighted by atomic mass is 16.2. The van der Waals surface area contributed by atoms with E-state index in [1.807, 2.05) is 17.0 Å². The summed E-state index contributed by atoms with van der Waals surface area (Å²) in [5.74, 6) is 0.239. The number of urea groups is 1. The molecular weight excluding hydrogens is 304 g/mol. The zero-order valence-corrected chi connectivity index (χ0v) is 13.9. The fraction of sp³-hybridized carbons (Fsp3) is 0.611. The summed E-state index contributed by atoms with van der Waals surface area (Å²) < 4.78 is 0. The van der Waals surface area contributed by atoms with Crippen molar-refractivity contribution in [2.24, 2.45) is 0 Å². The number of amides is 3. The highest BCUT2D eigenvalue weighted by Gasteiger charge is 2.47. The van der Waals surface area contributed by atoms with Gasteiger partial charge in [0.2, 0.25) is 5.91 Å². The summed E-state index contributed by atoms with van der Waals surface area (Å²) in [6.45, 7) is 2.12. The standard InChI is InChI=1S/C18H24N4O2/c23-16-3-6-18(22(16)13-14-4-9-19-10-5-14)7-11-21(12-8-18)17(24)20-15-1-2-15/h4-5,9-10,15H,1-3,6-8,11-13H2,(H,20,24). The Hall–Kier alpha value is -2.11. The van der Waals surface area contributed by atoms with Gasteiger partial charge < -0.3 is 15.1 Å². The molecule has 0 unspecified atom stereocenters. The minimum atomic E-state index is -0.0727. The van der Waals surface area contributed by atoms with Crippen molar-refractivity contribution in [3.63, 3.8) is 0 Å². The second kappa shape index (κ2) is 6.07. The van der Waals surface area contributed by atoms with E-state index < -0.39 is 0 Å². The van der Waals surface area contributed by atoms with Gasteiger partial charge in [-0.25, -0.2) is 4.79 Å². The molecule has 0 aromatic carbocycles. The van der Waals surface area contributed by atoms with Crippen LogP contribution in [-0.2, 0) is 11.3 Å². The fourth-order valence-electron chi connectivity index (χ4n) is 3.94. The lowest BCUT2D eigenvalue weighted by molar-refractivity contribution is -0.133. The van der Waals surface area contributed by atoms with Gasteiger partial charge in [0.15, 0.2) is 0 Å². The second-order valence-electron chi connectivity index (χ2n) is 7.27. The molecule has 1 aromatic heterocycles. The topological polar surface area (TPSA) is 65.5 Å². The number of piperidine rings is 1.